The maximum atomic E-state index is 13.5. The SMILES string of the molecule is O=C1CC2(CCN(CC3CCCC3)C2)N(C(=O)c2cccc(F)c2)N1. The van der Waals surface area contributed by atoms with Gasteiger partial charge in [0, 0.05) is 25.2 Å². The van der Waals surface area contributed by atoms with Crippen molar-refractivity contribution in [2.45, 2.75) is 44.1 Å². The molecule has 1 unspecified atom stereocenters. The zero-order valence-electron chi connectivity index (χ0n) is 14.3. The first-order chi connectivity index (χ1) is 12.1. The summed E-state index contributed by atoms with van der Waals surface area (Å²) in [6, 6.07) is 5.66. The number of hydrogen-bond donors (Lipinski definition) is 1. The van der Waals surface area contributed by atoms with E-state index >= 15 is 0 Å². The van der Waals surface area contributed by atoms with Crippen molar-refractivity contribution in [3.8, 4) is 0 Å². The van der Waals surface area contributed by atoms with Gasteiger partial charge in [-0.3, -0.25) is 15.0 Å². The summed E-state index contributed by atoms with van der Waals surface area (Å²) < 4.78 is 13.5. The molecule has 1 aliphatic carbocycles. The van der Waals surface area contributed by atoms with Crippen molar-refractivity contribution in [2.75, 3.05) is 19.6 Å². The summed E-state index contributed by atoms with van der Waals surface area (Å²) in [5.74, 6) is -0.159. The van der Waals surface area contributed by atoms with E-state index in [9.17, 15) is 14.0 Å². The molecule has 1 saturated carbocycles. The monoisotopic (exact) mass is 345 g/mol. The van der Waals surface area contributed by atoms with Crippen LogP contribution in [-0.2, 0) is 4.79 Å². The highest BCUT2D eigenvalue weighted by atomic mass is 19.1. The molecule has 1 aromatic rings. The predicted molar refractivity (Wildman–Crippen MR) is 91.1 cm³/mol. The highest BCUT2D eigenvalue weighted by Crippen LogP contribution is 2.36. The number of amides is 2. The van der Waals surface area contributed by atoms with Crippen LogP contribution in [-0.4, -0.2) is 46.9 Å². The smallest absolute Gasteiger partial charge is 0.272 e. The van der Waals surface area contributed by atoms with Crippen molar-refractivity contribution < 1.29 is 14.0 Å². The number of carbonyl (C=O) groups excluding carboxylic acids is 2. The third kappa shape index (κ3) is 3.15. The van der Waals surface area contributed by atoms with Crippen LogP contribution in [0.25, 0.3) is 0 Å². The average Bonchev–Trinajstić information content (AvgIpc) is 3.29. The van der Waals surface area contributed by atoms with Gasteiger partial charge >= 0.3 is 0 Å². The maximum Gasteiger partial charge on any atom is 0.272 e. The molecule has 4 rings (SSSR count). The molecule has 3 fully saturated rings. The Kier molecular flexibility index (Phi) is 4.23. The van der Waals surface area contributed by atoms with Crippen LogP contribution >= 0.6 is 0 Å². The molecule has 1 spiro atoms. The Morgan fingerprint density at radius 1 is 1.32 bits per heavy atom. The summed E-state index contributed by atoms with van der Waals surface area (Å²) in [7, 11) is 0. The van der Waals surface area contributed by atoms with Crippen molar-refractivity contribution in [2.24, 2.45) is 5.92 Å². The first kappa shape index (κ1) is 16.5. The van der Waals surface area contributed by atoms with E-state index in [2.05, 4.69) is 10.3 Å². The van der Waals surface area contributed by atoms with Gasteiger partial charge in [0.15, 0.2) is 0 Å². The van der Waals surface area contributed by atoms with Crippen LogP contribution in [0.4, 0.5) is 4.39 Å². The van der Waals surface area contributed by atoms with E-state index in [1.807, 2.05) is 0 Å². The van der Waals surface area contributed by atoms with Gasteiger partial charge in [0.05, 0.1) is 12.0 Å². The average molecular weight is 345 g/mol. The van der Waals surface area contributed by atoms with Gasteiger partial charge in [-0.2, -0.15) is 0 Å². The second kappa shape index (κ2) is 6.41. The number of carbonyl (C=O) groups is 2. The normalized spacial score (nSPS) is 27.4. The van der Waals surface area contributed by atoms with Gasteiger partial charge in [0.2, 0.25) is 5.91 Å². The van der Waals surface area contributed by atoms with Gasteiger partial charge in [0.25, 0.3) is 5.91 Å². The number of likely N-dealkylation sites (tertiary alicyclic amines) is 1. The Balaban J connectivity index is 1.51. The fourth-order valence-electron chi connectivity index (χ4n) is 4.66. The molecular weight excluding hydrogens is 321 g/mol. The fraction of sp³-hybridized carbons (Fsp3) is 0.579. The zero-order chi connectivity index (χ0) is 17.4. The second-order valence-electron chi connectivity index (χ2n) is 7.72. The van der Waals surface area contributed by atoms with E-state index in [1.165, 1.54) is 48.9 Å². The summed E-state index contributed by atoms with van der Waals surface area (Å²) in [6.45, 7) is 2.67. The quantitative estimate of drug-likeness (QED) is 0.915. The number of hydrazine groups is 1. The Morgan fingerprint density at radius 3 is 2.88 bits per heavy atom. The van der Waals surface area contributed by atoms with Gasteiger partial charge in [-0.15, -0.1) is 0 Å². The summed E-state index contributed by atoms with van der Waals surface area (Å²) >= 11 is 0. The summed E-state index contributed by atoms with van der Waals surface area (Å²) in [5.41, 5.74) is 2.49. The standard InChI is InChI=1S/C19H24FN3O2/c20-16-7-3-6-15(10-16)18(25)23-19(11-17(24)21-23)8-9-22(13-19)12-14-4-1-2-5-14/h3,6-7,10,14H,1-2,4-5,8-9,11-13H2,(H,21,24). The summed E-state index contributed by atoms with van der Waals surface area (Å²) in [4.78, 5) is 27.3. The van der Waals surface area contributed by atoms with Gasteiger partial charge in [-0.05, 0) is 43.4 Å². The van der Waals surface area contributed by atoms with E-state index in [1.54, 1.807) is 6.07 Å². The topological polar surface area (TPSA) is 52.7 Å². The number of nitrogens with one attached hydrogen (secondary N) is 1. The first-order valence-corrected chi connectivity index (χ1v) is 9.18. The minimum atomic E-state index is -0.501. The van der Waals surface area contributed by atoms with Gasteiger partial charge in [-0.1, -0.05) is 18.9 Å². The van der Waals surface area contributed by atoms with E-state index in [0.29, 0.717) is 13.0 Å². The first-order valence-electron chi connectivity index (χ1n) is 9.18. The molecule has 1 atom stereocenters. The minimum Gasteiger partial charge on any atom is -0.301 e. The number of nitrogens with zero attached hydrogens (tertiary/aromatic N) is 2. The molecule has 2 heterocycles. The lowest BCUT2D eigenvalue weighted by Crippen LogP contribution is -2.53. The molecule has 2 saturated heterocycles. The highest BCUT2D eigenvalue weighted by Gasteiger charge is 2.52. The molecule has 6 heteroatoms. The summed E-state index contributed by atoms with van der Waals surface area (Å²) in [5, 5.41) is 1.47. The molecule has 0 aromatic heterocycles. The zero-order valence-corrected chi connectivity index (χ0v) is 14.3. The number of hydrogen-bond acceptors (Lipinski definition) is 3. The van der Waals surface area contributed by atoms with Crippen molar-refractivity contribution in [3.63, 3.8) is 0 Å². The molecule has 25 heavy (non-hydrogen) atoms. The fourth-order valence-corrected chi connectivity index (χ4v) is 4.66. The van der Waals surface area contributed by atoms with Crippen molar-refractivity contribution in [1.82, 2.24) is 15.3 Å². The van der Waals surface area contributed by atoms with Crippen LogP contribution in [0.1, 0.15) is 48.9 Å². The number of benzene rings is 1. The Bertz CT molecular complexity index is 689. The maximum absolute atomic E-state index is 13.5. The Morgan fingerprint density at radius 2 is 2.12 bits per heavy atom. The van der Waals surface area contributed by atoms with Crippen molar-refractivity contribution >= 4 is 11.8 Å². The molecule has 0 bridgehead atoms. The number of rotatable bonds is 3. The Hall–Kier alpha value is -1.95. The van der Waals surface area contributed by atoms with Gasteiger partial charge in [-0.25, -0.2) is 9.40 Å². The van der Waals surface area contributed by atoms with Crippen LogP contribution in [0.5, 0.6) is 0 Å². The third-order valence-corrected chi connectivity index (χ3v) is 5.88. The predicted octanol–water partition coefficient (Wildman–Crippen LogP) is 2.34. The molecule has 2 amide bonds. The molecular formula is C19H24FN3O2. The lowest BCUT2D eigenvalue weighted by molar-refractivity contribution is -0.120. The van der Waals surface area contributed by atoms with Crippen LogP contribution in [0.3, 0.4) is 0 Å². The second-order valence-corrected chi connectivity index (χ2v) is 7.72. The third-order valence-electron chi connectivity index (χ3n) is 5.88. The molecule has 0 radical (unpaired) electrons. The lowest BCUT2D eigenvalue weighted by Gasteiger charge is -2.33. The van der Waals surface area contributed by atoms with E-state index in [0.717, 1.165) is 25.4 Å². The highest BCUT2D eigenvalue weighted by molar-refractivity contribution is 5.98. The van der Waals surface area contributed by atoms with Crippen molar-refractivity contribution in [1.29, 1.82) is 0 Å². The van der Waals surface area contributed by atoms with E-state index in [4.69, 9.17) is 0 Å². The van der Waals surface area contributed by atoms with Crippen LogP contribution < -0.4 is 5.43 Å². The lowest BCUT2D eigenvalue weighted by atomic mass is 9.94. The summed E-state index contributed by atoms with van der Waals surface area (Å²) in [6.07, 6.45) is 6.30. The molecule has 1 aromatic carbocycles. The van der Waals surface area contributed by atoms with Crippen molar-refractivity contribution in [3.05, 3.63) is 35.6 Å². The molecule has 5 nitrogen and oxygen atoms in total. The van der Waals surface area contributed by atoms with Gasteiger partial charge in [0.1, 0.15) is 5.82 Å². The molecule has 1 N–H and O–H groups in total. The van der Waals surface area contributed by atoms with Crippen LogP contribution in [0.15, 0.2) is 24.3 Å². The molecule has 3 aliphatic rings. The molecule has 2 aliphatic heterocycles. The van der Waals surface area contributed by atoms with E-state index in [-0.39, 0.29) is 17.4 Å². The van der Waals surface area contributed by atoms with Gasteiger partial charge < -0.3 is 4.90 Å². The van der Waals surface area contributed by atoms with Crippen LogP contribution in [0, 0.1) is 11.7 Å². The minimum absolute atomic E-state index is 0.132. The number of halogens is 1. The van der Waals surface area contributed by atoms with Crippen LogP contribution in [0.2, 0.25) is 0 Å². The Labute approximate surface area is 147 Å². The van der Waals surface area contributed by atoms with E-state index < -0.39 is 11.4 Å². The largest absolute Gasteiger partial charge is 0.301 e. The molecule has 134 valence electrons.